The van der Waals surface area contributed by atoms with Crippen molar-refractivity contribution in [3.8, 4) is 0 Å². The highest BCUT2D eigenvalue weighted by atomic mass is 32.2. The molecule has 1 fully saturated rings. The summed E-state index contributed by atoms with van der Waals surface area (Å²) >= 11 is 5.78. The zero-order valence-corrected chi connectivity index (χ0v) is 12.1. The number of carbonyl (C=O) groups is 2. The Balaban J connectivity index is 2.34. The van der Waals surface area contributed by atoms with Crippen molar-refractivity contribution >= 4 is 46.3 Å². The van der Waals surface area contributed by atoms with Gasteiger partial charge < -0.3 is 15.0 Å². The monoisotopic (exact) mass is 326 g/mol. The molecule has 2 rings (SSSR count). The molecule has 1 atom stereocenters. The number of benzene rings is 1. The molecule has 21 heavy (non-hydrogen) atoms. The first-order valence-corrected chi connectivity index (χ1v) is 7.01. The van der Waals surface area contributed by atoms with Gasteiger partial charge in [0.25, 0.3) is 5.91 Å². The fourth-order valence-electron chi connectivity index (χ4n) is 1.74. The average Bonchev–Trinajstić information content (AvgIpc) is 2.70. The van der Waals surface area contributed by atoms with Gasteiger partial charge in [0, 0.05) is 5.56 Å². The molecule has 0 saturated carbocycles. The molecule has 110 valence electrons. The highest BCUT2D eigenvalue weighted by Crippen LogP contribution is 2.34. The van der Waals surface area contributed by atoms with Crippen LogP contribution in [0.4, 0.5) is 4.39 Å². The van der Waals surface area contributed by atoms with Gasteiger partial charge in [-0.15, -0.1) is 0 Å². The maximum absolute atomic E-state index is 13.6. The highest BCUT2D eigenvalue weighted by Gasteiger charge is 2.37. The van der Waals surface area contributed by atoms with E-state index in [4.69, 9.17) is 17.3 Å². The van der Waals surface area contributed by atoms with Crippen LogP contribution < -0.4 is 5.11 Å². The van der Waals surface area contributed by atoms with Crippen LogP contribution in [0.15, 0.2) is 29.2 Å². The molecular weight excluding hydrogens is 317 g/mol. The molecule has 0 spiro atoms. The normalized spacial score (nSPS) is 18.4. The van der Waals surface area contributed by atoms with Gasteiger partial charge in [-0.1, -0.05) is 42.2 Å². The van der Waals surface area contributed by atoms with E-state index in [0.29, 0.717) is 0 Å². The molecule has 1 aromatic carbocycles. The number of aliphatic hydroxyl groups excluding tert-OH is 1. The number of carboxylic acids is 1. The smallest absolute Gasteiger partial charge is 0.266 e. The van der Waals surface area contributed by atoms with Gasteiger partial charge in [-0.2, -0.15) is 0 Å². The van der Waals surface area contributed by atoms with Crippen LogP contribution in [0.2, 0.25) is 0 Å². The van der Waals surface area contributed by atoms with Crippen LogP contribution >= 0.6 is 24.0 Å². The lowest BCUT2D eigenvalue weighted by atomic mass is 10.2. The number of carboxylic acid groups (broad SMARTS) is 1. The lowest BCUT2D eigenvalue weighted by molar-refractivity contribution is -0.311. The molecule has 1 amide bonds. The van der Waals surface area contributed by atoms with E-state index in [2.05, 4.69) is 0 Å². The molecule has 1 N–H and O–H groups in total. The molecule has 0 unspecified atom stereocenters. The van der Waals surface area contributed by atoms with E-state index >= 15 is 0 Å². The van der Waals surface area contributed by atoms with E-state index in [1.807, 2.05) is 0 Å². The molecular formula is C13H9FNO4S2-. The quantitative estimate of drug-likeness (QED) is 0.626. The van der Waals surface area contributed by atoms with Gasteiger partial charge in [-0.05, 0) is 12.1 Å². The Bertz CT molecular complexity index is 647. The second-order valence-electron chi connectivity index (χ2n) is 4.09. The Labute approximate surface area is 129 Å². The first-order valence-electron chi connectivity index (χ1n) is 5.79. The summed E-state index contributed by atoms with van der Waals surface area (Å²) < 4.78 is 13.5. The second-order valence-corrected chi connectivity index (χ2v) is 5.77. The van der Waals surface area contributed by atoms with Gasteiger partial charge in [-0.3, -0.25) is 9.69 Å². The summed E-state index contributed by atoms with van der Waals surface area (Å²) in [4.78, 5) is 23.9. The Morgan fingerprint density at radius 1 is 1.52 bits per heavy atom. The maximum Gasteiger partial charge on any atom is 0.266 e. The second kappa shape index (κ2) is 6.33. The number of amides is 1. The number of halogens is 1. The lowest BCUT2D eigenvalue weighted by Crippen LogP contribution is -2.51. The largest absolute Gasteiger partial charge is 0.548 e. The van der Waals surface area contributed by atoms with E-state index in [1.54, 1.807) is 6.07 Å². The van der Waals surface area contributed by atoms with E-state index in [0.717, 1.165) is 16.7 Å². The van der Waals surface area contributed by atoms with Crippen molar-refractivity contribution in [2.75, 3.05) is 6.61 Å². The van der Waals surface area contributed by atoms with Gasteiger partial charge >= 0.3 is 0 Å². The Morgan fingerprint density at radius 2 is 2.19 bits per heavy atom. The first-order chi connectivity index (χ1) is 9.95. The standard InChI is InChI=1S/C13H10FNO4S2/c14-8-4-2-1-3-7(8)5-10-11(17)15(13(20)21-10)9(6-16)12(18)19/h1-5,9,16H,6H2,(H,18,19)/p-1/b10-5-/t9-/m0/s1. The minimum atomic E-state index is -1.61. The lowest BCUT2D eigenvalue weighted by Gasteiger charge is -2.25. The van der Waals surface area contributed by atoms with E-state index < -0.39 is 30.3 Å². The fourth-order valence-corrected chi connectivity index (χ4v) is 3.09. The van der Waals surface area contributed by atoms with Crippen molar-refractivity contribution in [1.29, 1.82) is 0 Å². The van der Waals surface area contributed by atoms with Crippen molar-refractivity contribution in [2.24, 2.45) is 0 Å². The van der Waals surface area contributed by atoms with Crippen LogP contribution in [-0.4, -0.2) is 38.9 Å². The number of nitrogens with zero attached hydrogens (tertiary/aromatic N) is 1. The number of hydrogen-bond donors (Lipinski definition) is 1. The zero-order chi connectivity index (χ0) is 15.6. The molecule has 1 aliphatic heterocycles. The van der Waals surface area contributed by atoms with Crippen LogP contribution in [0, 0.1) is 5.82 Å². The summed E-state index contributed by atoms with van der Waals surface area (Å²) in [6, 6.07) is 4.28. The van der Waals surface area contributed by atoms with Crippen LogP contribution in [0.1, 0.15) is 5.56 Å². The summed E-state index contributed by atoms with van der Waals surface area (Å²) in [6.45, 7) is -0.818. The number of rotatable bonds is 4. The Hall–Kier alpha value is -1.77. The van der Waals surface area contributed by atoms with Crippen molar-refractivity contribution in [1.82, 2.24) is 4.90 Å². The van der Waals surface area contributed by atoms with Gasteiger partial charge in [0.15, 0.2) is 0 Å². The van der Waals surface area contributed by atoms with Crippen molar-refractivity contribution in [3.05, 3.63) is 40.6 Å². The van der Waals surface area contributed by atoms with E-state index in [9.17, 15) is 19.1 Å². The fraction of sp³-hybridized carbons (Fsp3) is 0.154. The summed E-state index contributed by atoms with van der Waals surface area (Å²) in [5.74, 6) is -2.82. The van der Waals surface area contributed by atoms with Gasteiger partial charge in [-0.25, -0.2) is 4.39 Å². The highest BCUT2D eigenvalue weighted by molar-refractivity contribution is 8.26. The molecule has 1 aromatic rings. The first kappa shape index (κ1) is 15.6. The Morgan fingerprint density at radius 3 is 2.76 bits per heavy atom. The van der Waals surface area contributed by atoms with Crippen LogP contribution in [0.3, 0.4) is 0 Å². The number of aliphatic hydroxyl groups is 1. The summed E-state index contributed by atoms with van der Waals surface area (Å²) in [5, 5.41) is 20.0. The molecule has 0 radical (unpaired) electrons. The summed E-state index contributed by atoms with van der Waals surface area (Å²) in [5.41, 5.74) is 0.187. The number of thiocarbonyl (C=S) groups is 1. The minimum Gasteiger partial charge on any atom is -0.548 e. The third-order valence-electron chi connectivity index (χ3n) is 2.77. The average molecular weight is 326 g/mol. The molecule has 1 saturated heterocycles. The summed E-state index contributed by atoms with van der Waals surface area (Å²) in [7, 11) is 0. The molecule has 0 aliphatic carbocycles. The van der Waals surface area contributed by atoms with Gasteiger partial charge in [0.2, 0.25) is 0 Å². The van der Waals surface area contributed by atoms with Crippen LogP contribution in [0.25, 0.3) is 6.08 Å². The van der Waals surface area contributed by atoms with Gasteiger partial charge in [0.05, 0.1) is 17.5 Å². The van der Waals surface area contributed by atoms with Crippen molar-refractivity contribution in [2.45, 2.75) is 6.04 Å². The number of aliphatic carboxylic acids is 1. The maximum atomic E-state index is 13.6. The molecule has 0 aromatic heterocycles. The number of carbonyl (C=O) groups excluding carboxylic acids is 2. The third kappa shape index (κ3) is 3.12. The van der Waals surface area contributed by atoms with E-state index in [1.165, 1.54) is 24.3 Å². The van der Waals surface area contributed by atoms with Gasteiger partial charge in [0.1, 0.15) is 16.2 Å². The molecule has 1 aliphatic rings. The SMILES string of the molecule is O=C([O-])[C@H](CO)N1C(=O)/C(=C/c2ccccc2F)SC1=S. The molecule has 0 bridgehead atoms. The zero-order valence-electron chi connectivity index (χ0n) is 10.5. The summed E-state index contributed by atoms with van der Waals surface area (Å²) in [6.07, 6.45) is 1.29. The van der Waals surface area contributed by atoms with Crippen molar-refractivity contribution in [3.63, 3.8) is 0 Å². The number of thioether (sulfide) groups is 1. The number of hydrogen-bond acceptors (Lipinski definition) is 6. The molecule has 1 heterocycles. The third-order valence-corrected chi connectivity index (χ3v) is 4.10. The van der Waals surface area contributed by atoms with Crippen molar-refractivity contribution < 1.29 is 24.2 Å². The van der Waals surface area contributed by atoms with Crippen LogP contribution in [-0.2, 0) is 9.59 Å². The van der Waals surface area contributed by atoms with Crippen LogP contribution in [0.5, 0.6) is 0 Å². The predicted molar refractivity (Wildman–Crippen MR) is 77.3 cm³/mol. The topological polar surface area (TPSA) is 80.7 Å². The minimum absolute atomic E-state index is 0.0224. The van der Waals surface area contributed by atoms with E-state index in [-0.39, 0.29) is 14.8 Å². The Kier molecular flexibility index (Phi) is 4.71. The molecule has 5 nitrogen and oxygen atoms in total. The predicted octanol–water partition coefficient (Wildman–Crippen LogP) is 0.138. The molecule has 8 heteroatoms.